The zero-order chi connectivity index (χ0) is 12.4. The molecule has 2 N–H and O–H groups in total. The molecule has 2 rings (SSSR count). The highest BCUT2D eigenvalue weighted by atomic mass is 32.1. The van der Waals surface area contributed by atoms with E-state index >= 15 is 0 Å². The van der Waals surface area contributed by atoms with Crippen LogP contribution in [0.5, 0.6) is 0 Å². The van der Waals surface area contributed by atoms with Gasteiger partial charge in [-0.2, -0.15) is 0 Å². The van der Waals surface area contributed by atoms with Gasteiger partial charge in [0.15, 0.2) is 0 Å². The van der Waals surface area contributed by atoms with E-state index in [1.54, 1.807) is 11.3 Å². The smallest absolute Gasteiger partial charge is 0.252 e. The van der Waals surface area contributed by atoms with E-state index in [4.69, 9.17) is 0 Å². The third-order valence-corrected chi connectivity index (χ3v) is 3.57. The highest BCUT2D eigenvalue weighted by molar-refractivity contribution is 7.12. The standard InChI is InChI=1S/C12H15N3OS/c1-7-4-10(9(3)17-7)8(2)15-11-5-12(16)14-6-13-11/h4-6,8H,1-3H3,(H2,13,14,15,16). The van der Waals surface area contributed by atoms with E-state index < -0.39 is 0 Å². The van der Waals surface area contributed by atoms with Gasteiger partial charge in [0.25, 0.3) is 5.56 Å². The van der Waals surface area contributed by atoms with Crippen molar-refractivity contribution < 1.29 is 0 Å². The van der Waals surface area contributed by atoms with Gasteiger partial charge in [-0.1, -0.05) is 0 Å². The second kappa shape index (κ2) is 4.71. The summed E-state index contributed by atoms with van der Waals surface area (Å²) in [5, 5.41) is 3.23. The minimum Gasteiger partial charge on any atom is -0.363 e. The van der Waals surface area contributed by atoms with E-state index in [1.807, 2.05) is 0 Å². The summed E-state index contributed by atoms with van der Waals surface area (Å²) < 4.78 is 0. The minimum absolute atomic E-state index is 0.145. The first-order chi connectivity index (χ1) is 8.06. The maximum atomic E-state index is 11.1. The number of aromatic amines is 1. The Balaban J connectivity index is 2.19. The van der Waals surface area contributed by atoms with Crippen molar-refractivity contribution in [1.29, 1.82) is 0 Å². The lowest BCUT2D eigenvalue weighted by Gasteiger charge is -2.13. The molecule has 1 atom stereocenters. The van der Waals surface area contributed by atoms with Crippen LogP contribution in [-0.4, -0.2) is 9.97 Å². The van der Waals surface area contributed by atoms with Gasteiger partial charge < -0.3 is 10.3 Å². The number of nitrogens with zero attached hydrogens (tertiary/aromatic N) is 1. The van der Waals surface area contributed by atoms with Crippen molar-refractivity contribution in [2.24, 2.45) is 0 Å². The van der Waals surface area contributed by atoms with E-state index in [1.165, 1.54) is 27.7 Å². The Bertz CT molecular complexity index is 573. The molecule has 0 aliphatic carbocycles. The van der Waals surface area contributed by atoms with Gasteiger partial charge in [-0.3, -0.25) is 4.79 Å². The van der Waals surface area contributed by atoms with Crippen LogP contribution in [0, 0.1) is 13.8 Å². The Kier molecular flexibility index (Phi) is 3.28. The molecule has 0 saturated heterocycles. The van der Waals surface area contributed by atoms with Crippen LogP contribution in [-0.2, 0) is 0 Å². The Labute approximate surface area is 104 Å². The summed E-state index contributed by atoms with van der Waals surface area (Å²) in [4.78, 5) is 20.3. The molecule has 17 heavy (non-hydrogen) atoms. The highest BCUT2D eigenvalue weighted by Crippen LogP contribution is 2.27. The zero-order valence-corrected chi connectivity index (χ0v) is 10.9. The second-order valence-electron chi connectivity index (χ2n) is 4.03. The third-order valence-electron chi connectivity index (χ3n) is 2.59. The molecule has 0 amide bonds. The number of anilines is 1. The van der Waals surface area contributed by atoms with Gasteiger partial charge in [0.05, 0.1) is 12.4 Å². The molecule has 0 aromatic carbocycles. The van der Waals surface area contributed by atoms with Crippen LogP contribution in [0.15, 0.2) is 23.3 Å². The fourth-order valence-corrected chi connectivity index (χ4v) is 2.85. The van der Waals surface area contributed by atoms with Crippen molar-refractivity contribution in [2.45, 2.75) is 26.8 Å². The van der Waals surface area contributed by atoms with Gasteiger partial charge in [-0.25, -0.2) is 4.98 Å². The molecule has 0 saturated carbocycles. The van der Waals surface area contributed by atoms with E-state index in [0.29, 0.717) is 5.82 Å². The Morgan fingerprint density at radius 1 is 1.41 bits per heavy atom. The average molecular weight is 249 g/mol. The van der Waals surface area contributed by atoms with Gasteiger partial charge in [-0.05, 0) is 32.4 Å². The molecule has 0 spiro atoms. The summed E-state index contributed by atoms with van der Waals surface area (Å²) in [5.74, 6) is 0.601. The van der Waals surface area contributed by atoms with Gasteiger partial charge in [0, 0.05) is 15.8 Å². The fourth-order valence-electron chi connectivity index (χ4n) is 1.83. The van der Waals surface area contributed by atoms with Gasteiger partial charge in [-0.15, -0.1) is 11.3 Å². The number of hydrogen-bond donors (Lipinski definition) is 2. The molecular weight excluding hydrogens is 234 g/mol. The zero-order valence-electron chi connectivity index (χ0n) is 10.1. The molecule has 0 bridgehead atoms. The summed E-state index contributed by atoms with van der Waals surface area (Å²) in [6, 6.07) is 3.78. The number of aryl methyl sites for hydroxylation is 2. The first kappa shape index (κ1) is 11.9. The van der Waals surface area contributed by atoms with Crippen LogP contribution in [0.1, 0.15) is 28.3 Å². The number of nitrogens with one attached hydrogen (secondary N) is 2. The topological polar surface area (TPSA) is 57.8 Å². The van der Waals surface area contributed by atoms with E-state index in [9.17, 15) is 4.79 Å². The Hall–Kier alpha value is -1.62. The molecule has 1 unspecified atom stereocenters. The van der Waals surface area contributed by atoms with Gasteiger partial charge in [0.1, 0.15) is 5.82 Å². The number of rotatable bonds is 3. The van der Waals surface area contributed by atoms with Crippen molar-refractivity contribution in [3.63, 3.8) is 0 Å². The maximum Gasteiger partial charge on any atom is 0.252 e. The number of aromatic nitrogens is 2. The fraction of sp³-hybridized carbons (Fsp3) is 0.333. The molecule has 0 aliphatic rings. The molecule has 0 radical (unpaired) electrons. The lowest BCUT2D eigenvalue weighted by atomic mass is 10.1. The molecule has 2 aromatic heterocycles. The lowest BCUT2D eigenvalue weighted by molar-refractivity contribution is 0.867. The predicted molar refractivity (Wildman–Crippen MR) is 70.7 cm³/mol. The summed E-state index contributed by atoms with van der Waals surface area (Å²) in [6.45, 7) is 6.27. The lowest BCUT2D eigenvalue weighted by Crippen LogP contribution is -2.12. The average Bonchev–Trinajstić information content (AvgIpc) is 2.58. The van der Waals surface area contributed by atoms with Crippen molar-refractivity contribution in [3.05, 3.63) is 44.1 Å². The van der Waals surface area contributed by atoms with Crippen LogP contribution < -0.4 is 10.9 Å². The molecular formula is C12H15N3OS. The second-order valence-corrected chi connectivity index (χ2v) is 5.49. The molecule has 0 fully saturated rings. The first-order valence-corrected chi connectivity index (χ1v) is 6.26. The van der Waals surface area contributed by atoms with Gasteiger partial charge in [0.2, 0.25) is 0 Å². The number of thiophene rings is 1. The van der Waals surface area contributed by atoms with Crippen molar-refractivity contribution in [1.82, 2.24) is 9.97 Å². The minimum atomic E-state index is -0.145. The summed E-state index contributed by atoms with van der Waals surface area (Å²) in [6.07, 6.45) is 1.41. The van der Waals surface area contributed by atoms with E-state index in [-0.39, 0.29) is 11.6 Å². The van der Waals surface area contributed by atoms with E-state index in [2.05, 4.69) is 42.1 Å². The predicted octanol–water partition coefficient (Wildman–Crippen LogP) is 2.62. The quantitative estimate of drug-likeness (QED) is 0.879. The molecule has 4 nitrogen and oxygen atoms in total. The van der Waals surface area contributed by atoms with Crippen molar-refractivity contribution in [2.75, 3.05) is 5.32 Å². The highest BCUT2D eigenvalue weighted by Gasteiger charge is 2.11. The van der Waals surface area contributed by atoms with Crippen LogP contribution >= 0.6 is 11.3 Å². The molecule has 2 heterocycles. The normalized spacial score (nSPS) is 12.4. The Morgan fingerprint density at radius 2 is 2.18 bits per heavy atom. The van der Waals surface area contributed by atoms with Crippen LogP contribution in [0.2, 0.25) is 0 Å². The molecule has 90 valence electrons. The molecule has 2 aromatic rings. The van der Waals surface area contributed by atoms with Gasteiger partial charge >= 0.3 is 0 Å². The number of H-pyrrole nitrogens is 1. The monoisotopic (exact) mass is 249 g/mol. The summed E-state index contributed by atoms with van der Waals surface area (Å²) in [7, 11) is 0. The first-order valence-electron chi connectivity index (χ1n) is 5.44. The summed E-state index contributed by atoms with van der Waals surface area (Å²) in [5.41, 5.74) is 1.11. The Morgan fingerprint density at radius 3 is 2.76 bits per heavy atom. The molecule has 0 aliphatic heterocycles. The third kappa shape index (κ3) is 2.74. The number of hydrogen-bond acceptors (Lipinski definition) is 4. The largest absolute Gasteiger partial charge is 0.363 e. The van der Waals surface area contributed by atoms with Crippen LogP contribution in [0.3, 0.4) is 0 Å². The van der Waals surface area contributed by atoms with Crippen LogP contribution in [0.25, 0.3) is 0 Å². The van der Waals surface area contributed by atoms with Crippen molar-refractivity contribution >= 4 is 17.2 Å². The SMILES string of the molecule is Cc1cc(C(C)Nc2cc(=O)[nH]cn2)c(C)s1. The van der Waals surface area contributed by atoms with Crippen molar-refractivity contribution in [3.8, 4) is 0 Å². The maximum absolute atomic E-state index is 11.1. The van der Waals surface area contributed by atoms with E-state index in [0.717, 1.165) is 0 Å². The molecule has 5 heteroatoms. The van der Waals surface area contributed by atoms with Crippen LogP contribution in [0.4, 0.5) is 5.82 Å². The summed E-state index contributed by atoms with van der Waals surface area (Å²) >= 11 is 1.78.